The predicted octanol–water partition coefficient (Wildman–Crippen LogP) is 3.24. The minimum Gasteiger partial charge on any atom is -0.481 e. The van der Waals surface area contributed by atoms with Crippen LogP contribution in [0.25, 0.3) is 0 Å². The summed E-state index contributed by atoms with van der Waals surface area (Å²) in [5, 5.41) is 9.09. The van der Waals surface area contributed by atoms with Crippen molar-refractivity contribution in [2.45, 2.75) is 34.1 Å². The van der Waals surface area contributed by atoms with Gasteiger partial charge in [0.2, 0.25) is 0 Å². The Labute approximate surface area is 109 Å². The number of carbonyl (C=O) groups is 1. The molecule has 0 aliphatic carbocycles. The van der Waals surface area contributed by atoms with E-state index >= 15 is 0 Å². The van der Waals surface area contributed by atoms with Crippen LogP contribution in [0.4, 0.5) is 5.69 Å². The van der Waals surface area contributed by atoms with E-state index in [1.807, 2.05) is 7.05 Å². The highest BCUT2D eigenvalue weighted by atomic mass is 16.4. The van der Waals surface area contributed by atoms with Crippen LogP contribution < -0.4 is 4.90 Å². The van der Waals surface area contributed by atoms with Gasteiger partial charge < -0.3 is 10.0 Å². The molecular weight excluding hydrogens is 226 g/mol. The van der Waals surface area contributed by atoms with Crippen molar-refractivity contribution in [3.05, 3.63) is 29.3 Å². The number of carboxylic acids is 1. The van der Waals surface area contributed by atoms with Gasteiger partial charge in [-0.15, -0.1) is 0 Å². The van der Waals surface area contributed by atoms with Gasteiger partial charge in [0.15, 0.2) is 0 Å². The number of nitrogens with zero attached hydrogens (tertiary/aromatic N) is 1. The van der Waals surface area contributed by atoms with Crippen LogP contribution in [0, 0.1) is 19.3 Å². The molecule has 0 fully saturated rings. The van der Waals surface area contributed by atoms with E-state index in [4.69, 9.17) is 5.11 Å². The molecule has 0 aromatic heterocycles. The van der Waals surface area contributed by atoms with Crippen LogP contribution in [0.15, 0.2) is 18.2 Å². The fourth-order valence-corrected chi connectivity index (χ4v) is 1.65. The SMILES string of the molecule is Cc1ccc(N(C)CCC(C)(C)C(=O)O)cc1C. The maximum atomic E-state index is 11.1. The third-order valence-corrected chi connectivity index (χ3v) is 3.58. The van der Waals surface area contributed by atoms with Crippen molar-refractivity contribution in [3.63, 3.8) is 0 Å². The molecule has 3 nitrogen and oxygen atoms in total. The van der Waals surface area contributed by atoms with Gasteiger partial charge in [-0.25, -0.2) is 0 Å². The van der Waals surface area contributed by atoms with Crippen LogP contribution in [-0.4, -0.2) is 24.7 Å². The third-order valence-electron chi connectivity index (χ3n) is 3.58. The largest absolute Gasteiger partial charge is 0.481 e. The lowest BCUT2D eigenvalue weighted by Gasteiger charge is -2.25. The van der Waals surface area contributed by atoms with Crippen LogP contribution in [0.3, 0.4) is 0 Å². The van der Waals surface area contributed by atoms with Gasteiger partial charge in [-0.05, 0) is 57.4 Å². The van der Waals surface area contributed by atoms with Crippen molar-refractivity contribution < 1.29 is 9.90 Å². The van der Waals surface area contributed by atoms with Crippen LogP contribution in [0.2, 0.25) is 0 Å². The van der Waals surface area contributed by atoms with Crippen molar-refractivity contribution in [2.24, 2.45) is 5.41 Å². The first kappa shape index (κ1) is 14.6. The second-order valence-corrected chi connectivity index (χ2v) is 5.63. The van der Waals surface area contributed by atoms with E-state index in [1.165, 1.54) is 11.1 Å². The Balaban J connectivity index is 2.68. The van der Waals surface area contributed by atoms with Gasteiger partial charge in [0, 0.05) is 19.3 Å². The van der Waals surface area contributed by atoms with E-state index in [1.54, 1.807) is 13.8 Å². The second kappa shape index (κ2) is 5.42. The van der Waals surface area contributed by atoms with Gasteiger partial charge in [0.05, 0.1) is 5.41 Å². The first-order valence-corrected chi connectivity index (χ1v) is 6.26. The summed E-state index contributed by atoms with van der Waals surface area (Å²) in [6, 6.07) is 6.32. The van der Waals surface area contributed by atoms with Crippen LogP contribution >= 0.6 is 0 Å². The van der Waals surface area contributed by atoms with Crippen LogP contribution in [0.1, 0.15) is 31.4 Å². The minimum atomic E-state index is -0.740. The molecule has 0 aliphatic rings. The molecule has 18 heavy (non-hydrogen) atoms. The molecular formula is C15H23NO2. The molecule has 0 saturated heterocycles. The number of hydrogen-bond donors (Lipinski definition) is 1. The molecule has 0 amide bonds. The van der Waals surface area contributed by atoms with Gasteiger partial charge in [-0.2, -0.15) is 0 Å². The normalized spacial score (nSPS) is 11.4. The number of anilines is 1. The molecule has 100 valence electrons. The number of benzene rings is 1. The summed E-state index contributed by atoms with van der Waals surface area (Å²) in [5.74, 6) is -0.740. The molecule has 0 spiro atoms. The van der Waals surface area contributed by atoms with Gasteiger partial charge in [-0.1, -0.05) is 6.07 Å². The van der Waals surface area contributed by atoms with Gasteiger partial charge in [-0.3, -0.25) is 4.79 Å². The molecule has 1 rings (SSSR count). The summed E-state index contributed by atoms with van der Waals surface area (Å²) < 4.78 is 0. The number of aryl methyl sites for hydroxylation is 2. The number of aliphatic carboxylic acids is 1. The van der Waals surface area contributed by atoms with Crippen molar-refractivity contribution in [2.75, 3.05) is 18.5 Å². The summed E-state index contributed by atoms with van der Waals surface area (Å²) in [4.78, 5) is 13.2. The summed E-state index contributed by atoms with van der Waals surface area (Å²) in [7, 11) is 2.00. The predicted molar refractivity (Wildman–Crippen MR) is 75.2 cm³/mol. The smallest absolute Gasteiger partial charge is 0.309 e. The Morgan fingerprint density at radius 3 is 2.39 bits per heavy atom. The Hall–Kier alpha value is -1.51. The minimum absolute atomic E-state index is 0.631. The lowest BCUT2D eigenvalue weighted by Crippen LogP contribution is -2.30. The quantitative estimate of drug-likeness (QED) is 0.871. The van der Waals surface area contributed by atoms with Crippen molar-refractivity contribution in [1.82, 2.24) is 0 Å². The van der Waals surface area contributed by atoms with E-state index in [2.05, 4.69) is 36.9 Å². The third kappa shape index (κ3) is 3.49. The van der Waals surface area contributed by atoms with Crippen molar-refractivity contribution in [1.29, 1.82) is 0 Å². The highest BCUT2D eigenvalue weighted by molar-refractivity contribution is 5.73. The molecule has 3 heteroatoms. The summed E-state index contributed by atoms with van der Waals surface area (Å²) >= 11 is 0. The summed E-state index contributed by atoms with van der Waals surface area (Å²) in [6.07, 6.45) is 0.631. The van der Waals surface area contributed by atoms with E-state index in [-0.39, 0.29) is 0 Å². The average molecular weight is 249 g/mol. The molecule has 0 atom stereocenters. The molecule has 1 N–H and O–H groups in total. The topological polar surface area (TPSA) is 40.5 Å². The molecule has 0 radical (unpaired) electrons. The fourth-order valence-electron chi connectivity index (χ4n) is 1.65. The Kier molecular flexibility index (Phi) is 4.38. The molecule has 0 heterocycles. The number of rotatable bonds is 5. The maximum absolute atomic E-state index is 11.1. The van der Waals surface area contributed by atoms with E-state index < -0.39 is 11.4 Å². The second-order valence-electron chi connectivity index (χ2n) is 5.63. The Bertz CT molecular complexity index is 438. The van der Waals surface area contributed by atoms with Crippen LogP contribution in [-0.2, 0) is 4.79 Å². The molecule has 0 bridgehead atoms. The van der Waals surface area contributed by atoms with E-state index in [0.29, 0.717) is 6.42 Å². The van der Waals surface area contributed by atoms with E-state index in [0.717, 1.165) is 12.2 Å². The van der Waals surface area contributed by atoms with Crippen molar-refractivity contribution >= 4 is 11.7 Å². The Morgan fingerprint density at radius 1 is 1.28 bits per heavy atom. The first-order chi connectivity index (χ1) is 8.24. The van der Waals surface area contributed by atoms with E-state index in [9.17, 15) is 4.79 Å². The molecule has 1 aromatic rings. The number of carboxylic acid groups (broad SMARTS) is 1. The standard InChI is InChI=1S/C15H23NO2/c1-11-6-7-13(10-12(11)2)16(5)9-8-15(3,4)14(17)18/h6-7,10H,8-9H2,1-5H3,(H,17,18). The zero-order valence-corrected chi connectivity index (χ0v) is 11.9. The zero-order valence-electron chi connectivity index (χ0n) is 11.9. The van der Waals surface area contributed by atoms with Gasteiger partial charge in [0.1, 0.15) is 0 Å². The summed E-state index contributed by atoms with van der Waals surface area (Å²) in [5.41, 5.74) is 3.00. The molecule has 0 saturated carbocycles. The lowest BCUT2D eigenvalue weighted by atomic mass is 9.89. The highest BCUT2D eigenvalue weighted by Crippen LogP contribution is 2.23. The zero-order chi connectivity index (χ0) is 13.9. The van der Waals surface area contributed by atoms with Crippen LogP contribution in [0.5, 0.6) is 0 Å². The van der Waals surface area contributed by atoms with Gasteiger partial charge >= 0.3 is 5.97 Å². The van der Waals surface area contributed by atoms with Gasteiger partial charge in [0.25, 0.3) is 0 Å². The Morgan fingerprint density at radius 2 is 1.89 bits per heavy atom. The molecule has 0 aliphatic heterocycles. The van der Waals surface area contributed by atoms with Crippen molar-refractivity contribution in [3.8, 4) is 0 Å². The lowest BCUT2D eigenvalue weighted by molar-refractivity contribution is -0.147. The number of hydrogen-bond acceptors (Lipinski definition) is 2. The molecule has 0 unspecified atom stereocenters. The average Bonchev–Trinajstić information content (AvgIpc) is 2.29. The first-order valence-electron chi connectivity index (χ1n) is 6.26. The fraction of sp³-hybridized carbons (Fsp3) is 0.533. The monoisotopic (exact) mass is 249 g/mol. The maximum Gasteiger partial charge on any atom is 0.309 e. The summed E-state index contributed by atoms with van der Waals surface area (Å²) in [6.45, 7) is 8.45. The highest BCUT2D eigenvalue weighted by Gasteiger charge is 2.27. The molecule has 1 aromatic carbocycles.